The predicted octanol–water partition coefficient (Wildman–Crippen LogP) is 5.32. The molecule has 0 spiro atoms. The normalized spacial score (nSPS) is 11.4. The van der Waals surface area contributed by atoms with Crippen molar-refractivity contribution in [3.05, 3.63) is 66.0 Å². The molecule has 0 unspecified atom stereocenters. The van der Waals surface area contributed by atoms with E-state index in [4.69, 9.17) is 4.74 Å². The lowest BCUT2D eigenvalue weighted by molar-refractivity contribution is 0.277. The number of benzene rings is 2. The van der Waals surface area contributed by atoms with E-state index in [0.717, 1.165) is 28.4 Å². The maximum absolute atomic E-state index is 13.1. The quantitative estimate of drug-likeness (QED) is 0.556. The molecule has 0 N–H and O–H groups in total. The van der Waals surface area contributed by atoms with Crippen molar-refractivity contribution in [3.8, 4) is 5.75 Å². The van der Waals surface area contributed by atoms with E-state index in [1.54, 1.807) is 0 Å². The molecule has 0 saturated carbocycles. The molecule has 2 aromatic carbocycles. The summed E-state index contributed by atoms with van der Waals surface area (Å²) < 4.78 is 18.9. The number of hydrogen-bond donors (Lipinski definition) is 0. The molecule has 0 aromatic heterocycles. The van der Waals surface area contributed by atoms with Gasteiger partial charge in [-0.1, -0.05) is 62.2 Å². The molecular formula is C17H17Br2FO. The van der Waals surface area contributed by atoms with E-state index in [2.05, 4.69) is 31.9 Å². The summed E-state index contributed by atoms with van der Waals surface area (Å²) in [4.78, 5) is 0. The standard InChI is InChI=1S/C17H17Br2FO/c18-12-17(13-19,14-6-8-15(20)9-7-14)10-11-21-16-4-2-1-3-5-16/h1-9H,10-13H2. The summed E-state index contributed by atoms with van der Waals surface area (Å²) in [5.74, 6) is 0.659. The second-order valence-electron chi connectivity index (χ2n) is 4.97. The molecular weight excluding hydrogens is 399 g/mol. The Balaban J connectivity index is 2.06. The van der Waals surface area contributed by atoms with E-state index in [0.29, 0.717) is 6.61 Å². The SMILES string of the molecule is Fc1ccc(C(CBr)(CBr)CCOc2ccccc2)cc1. The van der Waals surface area contributed by atoms with Gasteiger partial charge in [-0.05, 0) is 36.2 Å². The average molecular weight is 416 g/mol. The molecule has 21 heavy (non-hydrogen) atoms. The van der Waals surface area contributed by atoms with Gasteiger partial charge >= 0.3 is 0 Å². The minimum absolute atomic E-state index is 0.109. The van der Waals surface area contributed by atoms with Gasteiger partial charge in [-0.2, -0.15) is 0 Å². The Morgan fingerprint density at radius 3 is 2.10 bits per heavy atom. The zero-order valence-electron chi connectivity index (χ0n) is 11.6. The van der Waals surface area contributed by atoms with Crippen LogP contribution < -0.4 is 4.74 Å². The molecule has 0 fully saturated rings. The molecule has 1 nitrogen and oxygen atoms in total. The number of para-hydroxylation sites is 1. The van der Waals surface area contributed by atoms with Crippen molar-refractivity contribution in [2.45, 2.75) is 11.8 Å². The first-order valence-electron chi connectivity index (χ1n) is 6.76. The number of ether oxygens (including phenoxy) is 1. The highest BCUT2D eigenvalue weighted by Gasteiger charge is 2.30. The lowest BCUT2D eigenvalue weighted by Crippen LogP contribution is -2.32. The van der Waals surface area contributed by atoms with E-state index in [1.807, 2.05) is 42.5 Å². The lowest BCUT2D eigenvalue weighted by Gasteiger charge is -2.30. The van der Waals surface area contributed by atoms with Crippen molar-refractivity contribution in [1.29, 1.82) is 0 Å². The summed E-state index contributed by atoms with van der Waals surface area (Å²) in [6.45, 7) is 0.610. The lowest BCUT2D eigenvalue weighted by atomic mass is 9.82. The van der Waals surface area contributed by atoms with E-state index in [9.17, 15) is 4.39 Å². The molecule has 2 aromatic rings. The van der Waals surface area contributed by atoms with Crippen LogP contribution in [0, 0.1) is 5.82 Å². The van der Waals surface area contributed by atoms with Gasteiger partial charge in [0.1, 0.15) is 11.6 Å². The molecule has 0 heterocycles. The minimum Gasteiger partial charge on any atom is -0.494 e. The van der Waals surface area contributed by atoms with Crippen LogP contribution in [0.15, 0.2) is 54.6 Å². The van der Waals surface area contributed by atoms with Gasteiger partial charge in [-0.25, -0.2) is 4.39 Å². The molecule has 112 valence electrons. The van der Waals surface area contributed by atoms with Gasteiger partial charge in [0.25, 0.3) is 0 Å². The minimum atomic E-state index is -0.211. The summed E-state index contributed by atoms with van der Waals surface area (Å²) in [5.41, 5.74) is 0.997. The molecule has 0 aliphatic rings. The topological polar surface area (TPSA) is 9.23 Å². The van der Waals surface area contributed by atoms with Crippen LogP contribution >= 0.6 is 31.9 Å². The van der Waals surface area contributed by atoms with Crippen molar-refractivity contribution in [3.63, 3.8) is 0 Å². The largest absolute Gasteiger partial charge is 0.494 e. The molecule has 0 atom stereocenters. The van der Waals surface area contributed by atoms with Crippen molar-refractivity contribution >= 4 is 31.9 Å². The Labute approximate surface area is 141 Å². The fourth-order valence-electron chi connectivity index (χ4n) is 2.15. The van der Waals surface area contributed by atoms with Gasteiger partial charge in [0.15, 0.2) is 0 Å². The van der Waals surface area contributed by atoms with Crippen LogP contribution in [0.3, 0.4) is 0 Å². The van der Waals surface area contributed by atoms with Crippen LogP contribution in [-0.4, -0.2) is 17.3 Å². The van der Waals surface area contributed by atoms with Gasteiger partial charge in [0.05, 0.1) is 6.61 Å². The van der Waals surface area contributed by atoms with E-state index >= 15 is 0 Å². The molecule has 0 saturated heterocycles. The van der Waals surface area contributed by atoms with Crippen LogP contribution in [-0.2, 0) is 5.41 Å². The molecule has 0 bridgehead atoms. The van der Waals surface area contributed by atoms with Crippen LogP contribution in [0.25, 0.3) is 0 Å². The Kier molecular flexibility index (Phi) is 6.24. The van der Waals surface area contributed by atoms with Gasteiger partial charge in [0.2, 0.25) is 0 Å². The Morgan fingerprint density at radius 1 is 0.905 bits per heavy atom. The van der Waals surface area contributed by atoms with Crippen molar-refractivity contribution in [1.82, 2.24) is 0 Å². The molecule has 0 aliphatic carbocycles. The first-order valence-corrected chi connectivity index (χ1v) is 9.00. The molecule has 0 amide bonds. The highest BCUT2D eigenvalue weighted by molar-refractivity contribution is 9.09. The van der Waals surface area contributed by atoms with Crippen LogP contribution in [0.1, 0.15) is 12.0 Å². The monoisotopic (exact) mass is 414 g/mol. The second-order valence-corrected chi connectivity index (χ2v) is 6.09. The number of rotatable bonds is 7. The maximum atomic E-state index is 13.1. The summed E-state index contributed by atoms with van der Waals surface area (Å²) in [7, 11) is 0. The van der Waals surface area contributed by atoms with Crippen molar-refractivity contribution in [2.75, 3.05) is 17.3 Å². The smallest absolute Gasteiger partial charge is 0.123 e. The number of halogens is 3. The van der Waals surface area contributed by atoms with Crippen LogP contribution in [0.4, 0.5) is 4.39 Å². The third-order valence-corrected chi connectivity index (χ3v) is 5.71. The third-order valence-electron chi connectivity index (χ3n) is 3.56. The number of hydrogen-bond acceptors (Lipinski definition) is 1. The highest BCUT2D eigenvalue weighted by atomic mass is 79.9. The summed E-state index contributed by atoms with van der Waals surface area (Å²) >= 11 is 7.19. The maximum Gasteiger partial charge on any atom is 0.123 e. The highest BCUT2D eigenvalue weighted by Crippen LogP contribution is 2.33. The van der Waals surface area contributed by atoms with Gasteiger partial charge in [-0.15, -0.1) is 0 Å². The van der Waals surface area contributed by atoms with Crippen molar-refractivity contribution < 1.29 is 9.13 Å². The molecule has 0 radical (unpaired) electrons. The summed E-state index contributed by atoms with van der Waals surface area (Å²) in [5, 5.41) is 1.57. The van der Waals surface area contributed by atoms with E-state index < -0.39 is 0 Å². The van der Waals surface area contributed by atoms with Gasteiger partial charge < -0.3 is 4.74 Å². The Bertz CT molecular complexity index is 538. The Hall–Kier alpha value is -0.870. The predicted molar refractivity (Wildman–Crippen MR) is 92.2 cm³/mol. The fourth-order valence-corrected chi connectivity index (χ4v) is 4.29. The summed E-state index contributed by atoms with van der Waals surface area (Å²) in [6.07, 6.45) is 0.837. The Morgan fingerprint density at radius 2 is 1.52 bits per heavy atom. The first kappa shape index (κ1) is 16.5. The van der Waals surface area contributed by atoms with E-state index in [1.165, 1.54) is 12.1 Å². The van der Waals surface area contributed by atoms with Gasteiger partial charge in [0, 0.05) is 16.1 Å². The summed E-state index contributed by atoms with van der Waals surface area (Å²) in [6, 6.07) is 16.5. The third kappa shape index (κ3) is 4.30. The van der Waals surface area contributed by atoms with Crippen LogP contribution in [0.2, 0.25) is 0 Å². The molecule has 2 rings (SSSR count). The van der Waals surface area contributed by atoms with Crippen molar-refractivity contribution in [2.24, 2.45) is 0 Å². The molecule has 0 aliphatic heterocycles. The average Bonchev–Trinajstić information content (AvgIpc) is 2.54. The number of alkyl halides is 2. The zero-order chi connectivity index (χ0) is 15.1. The van der Waals surface area contributed by atoms with Crippen LogP contribution in [0.5, 0.6) is 5.75 Å². The first-order chi connectivity index (χ1) is 10.2. The zero-order valence-corrected chi connectivity index (χ0v) is 14.7. The second kappa shape index (κ2) is 7.95. The fraction of sp³-hybridized carbons (Fsp3) is 0.294. The molecule has 4 heteroatoms. The van der Waals surface area contributed by atoms with E-state index in [-0.39, 0.29) is 11.2 Å². The van der Waals surface area contributed by atoms with Gasteiger partial charge in [-0.3, -0.25) is 0 Å².